The molecule has 3 aliphatic heterocycles. The molecule has 3 aliphatic rings. The number of aliphatic hydroxyl groups is 2. The molecule has 19 heavy (non-hydrogen) atoms. The second kappa shape index (κ2) is 4.03. The van der Waals surface area contributed by atoms with Gasteiger partial charge in [0.05, 0.1) is 31.3 Å². The molecule has 0 aromatic rings. The van der Waals surface area contributed by atoms with E-state index in [1.54, 1.807) is 12.2 Å². The van der Waals surface area contributed by atoms with E-state index < -0.39 is 42.2 Å². The van der Waals surface area contributed by atoms with Crippen LogP contribution in [0.2, 0.25) is 0 Å². The molecular formula is C12H15NO6. The van der Waals surface area contributed by atoms with Crippen LogP contribution in [0.4, 0.5) is 0 Å². The fourth-order valence-corrected chi connectivity index (χ4v) is 3.33. The summed E-state index contributed by atoms with van der Waals surface area (Å²) in [6.45, 7) is -0.227. The molecule has 2 saturated heterocycles. The number of ether oxygens (including phenoxy) is 1. The molecular weight excluding hydrogens is 254 g/mol. The van der Waals surface area contributed by atoms with E-state index in [2.05, 4.69) is 0 Å². The molecule has 3 N–H and O–H groups in total. The van der Waals surface area contributed by atoms with Gasteiger partial charge in [-0.25, -0.2) is 0 Å². The normalized spacial score (nSPS) is 40.8. The molecule has 7 heteroatoms. The van der Waals surface area contributed by atoms with E-state index in [4.69, 9.17) is 9.84 Å². The highest BCUT2D eigenvalue weighted by molar-refractivity contribution is 5.90. The Hall–Kier alpha value is -1.44. The van der Waals surface area contributed by atoms with Gasteiger partial charge in [-0.15, -0.1) is 0 Å². The first-order valence-corrected chi connectivity index (χ1v) is 6.16. The van der Waals surface area contributed by atoms with Crippen molar-refractivity contribution in [3.63, 3.8) is 0 Å². The van der Waals surface area contributed by atoms with Crippen LogP contribution in [-0.4, -0.2) is 69.6 Å². The quantitative estimate of drug-likeness (QED) is 0.520. The number of carboxylic acid groups (broad SMARTS) is 1. The Morgan fingerprint density at radius 1 is 1.63 bits per heavy atom. The monoisotopic (exact) mass is 269 g/mol. The van der Waals surface area contributed by atoms with E-state index in [1.165, 1.54) is 4.90 Å². The van der Waals surface area contributed by atoms with Crippen molar-refractivity contribution in [2.45, 2.75) is 17.8 Å². The predicted octanol–water partition coefficient (Wildman–Crippen LogP) is -1.79. The van der Waals surface area contributed by atoms with Gasteiger partial charge in [-0.3, -0.25) is 9.59 Å². The predicted molar refractivity (Wildman–Crippen MR) is 61.0 cm³/mol. The molecule has 3 heterocycles. The largest absolute Gasteiger partial charge is 0.481 e. The summed E-state index contributed by atoms with van der Waals surface area (Å²) in [7, 11) is 0. The lowest BCUT2D eigenvalue weighted by molar-refractivity contribution is -0.148. The van der Waals surface area contributed by atoms with E-state index in [0.29, 0.717) is 0 Å². The number of carbonyl (C=O) groups is 2. The van der Waals surface area contributed by atoms with Gasteiger partial charge in [0, 0.05) is 6.54 Å². The number of hydrogen-bond donors (Lipinski definition) is 3. The second-order valence-electron chi connectivity index (χ2n) is 5.29. The lowest BCUT2D eigenvalue weighted by atomic mass is 9.77. The second-order valence-corrected chi connectivity index (χ2v) is 5.29. The summed E-state index contributed by atoms with van der Waals surface area (Å²) in [6, 6.07) is 0. The highest BCUT2D eigenvalue weighted by Gasteiger charge is 2.67. The maximum Gasteiger partial charge on any atom is 0.310 e. The third-order valence-corrected chi connectivity index (χ3v) is 4.11. The van der Waals surface area contributed by atoms with Gasteiger partial charge >= 0.3 is 5.97 Å². The highest BCUT2D eigenvalue weighted by atomic mass is 16.5. The molecule has 5 atom stereocenters. The van der Waals surface area contributed by atoms with Crippen LogP contribution in [-0.2, 0) is 14.3 Å². The minimum atomic E-state index is -1.04. The summed E-state index contributed by atoms with van der Waals surface area (Å²) in [4.78, 5) is 24.9. The van der Waals surface area contributed by atoms with Crippen molar-refractivity contribution in [2.24, 2.45) is 11.8 Å². The molecule has 2 fully saturated rings. The van der Waals surface area contributed by atoms with Crippen molar-refractivity contribution >= 4 is 11.9 Å². The standard InChI is InChI=1S/C12H15NO6/c14-4-6(15)3-13-5-12-2-1-7(19-12)8(11(17)18)9(12)10(13)16/h1-2,6-9,14-15H,3-5H2,(H,17,18)/t6-,7-,8-,9-,12+/m1/s1. The number of carbonyl (C=O) groups excluding carboxylic acids is 1. The number of aliphatic carboxylic acids is 1. The summed E-state index contributed by atoms with van der Waals surface area (Å²) >= 11 is 0. The SMILES string of the molecule is O=C(O)[C@@H]1[C@H]2C=C[C@@]3(CN(C[C@@H](O)CO)C(=O)[C@@H]13)O2. The van der Waals surface area contributed by atoms with Gasteiger partial charge in [0.1, 0.15) is 11.5 Å². The number of β-amino-alcohol motifs (C(OH)–C–C–N with tert-alkyl or cyclic N) is 1. The molecule has 0 aliphatic carbocycles. The third-order valence-electron chi connectivity index (χ3n) is 4.11. The zero-order chi connectivity index (χ0) is 13.8. The summed E-state index contributed by atoms with van der Waals surface area (Å²) in [5.74, 6) is -2.97. The van der Waals surface area contributed by atoms with Crippen LogP contribution < -0.4 is 0 Å². The van der Waals surface area contributed by atoms with Gasteiger partial charge in [-0.05, 0) is 0 Å². The summed E-state index contributed by atoms with van der Waals surface area (Å²) in [6.07, 6.45) is 1.87. The Morgan fingerprint density at radius 3 is 3.00 bits per heavy atom. The smallest absolute Gasteiger partial charge is 0.310 e. The zero-order valence-corrected chi connectivity index (χ0v) is 10.1. The Morgan fingerprint density at radius 2 is 2.37 bits per heavy atom. The van der Waals surface area contributed by atoms with Crippen LogP contribution in [0.1, 0.15) is 0 Å². The Balaban J connectivity index is 1.86. The van der Waals surface area contributed by atoms with Crippen molar-refractivity contribution in [3.05, 3.63) is 12.2 Å². The van der Waals surface area contributed by atoms with Crippen LogP contribution in [0.3, 0.4) is 0 Å². The van der Waals surface area contributed by atoms with E-state index >= 15 is 0 Å². The molecule has 0 radical (unpaired) electrons. The van der Waals surface area contributed by atoms with Crippen molar-refractivity contribution in [3.8, 4) is 0 Å². The molecule has 3 rings (SSSR count). The first-order chi connectivity index (χ1) is 8.98. The zero-order valence-electron chi connectivity index (χ0n) is 10.1. The number of rotatable bonds is 4. The Kier molecular flexibility index (Phi) is 2.67. The van der Waals surface area contributed by atoms with Gasteiger partial charge in [0.2, 0.25) is 5.91 Å². The molecule has 0 aromatic carbocycles. The first-order valence-electron chi connectivity index (χ1n) is 6.16. The van der Waals surface area contributed by atoms with Crippen LogP contribution in [0.5, 0.6) is 0 Å². The highest BCUT2D eigenvalue weighted by Crippen LogP contribution is 2.51. The van der Waals surface area contributed by atoms with Crippen LogP contribution in [0.25, 0.3) is 0 Å². The van der Waals surface area contributed by atoms with E-state index in [9.17, 15) is 19.8 Å². The minimum Gasteiger partial charge on any atom is -0.481 e. The number of fused-ring (bicyclic) bond motifs is 1. The van der Waals surface area contributed by atoms with Crippen LogP contribution in [0, 0.1) is 11.8 Å². The topological polar surface area (TPSA) is 107 Å². The van der Waals surface area contributed by atoms with Crippen molar-refractivity contribution in [1.82, 2.24) is 4.90 Å². The maximum absolute atomic E-state index is 12.3. The van der Waals surface area contributed by atoms with Crippen molar-refractivity contribution in [1.29, 1.82) is 0 Å². The Bertz CT molecular complexity index is 463. The fourth-order valence-electron chi connectivity index (χ4n) is 3.33. The van der Waals surface area contributed by atoms with Gasteiger partial charge in [0.25, 0.3) is 0 Å². The summed E-state index contributed by atoms with van der Waals surface area (Å²) in [5.41, 5.74) is -0.875. The van der Waals surface area contributed by atoms with Crippen LogP contribution >= 0.6 is 0 Å². The van der Waals surface area contributed by atoms with E-state index in [-0.39, 0.29) is 19.0 Å². The number of amides is 1. The molecule has 1 amide bonds. The fraction of sp³-hybridized carbons (Fsp3) is 0.667. The number of aliphatic hydroxyl groups excluding tert-OH is 2. The lowest BCUT2D eigenvalue weighted by Gasteiger charge is -2.22. The molecule has 104 valence electrons. The van der Waals surface area contributed by atoms with Gasteiger partial charge in [0.15, 0.2) is 0 Å². The van der Waals surface area contributed by atoms with Gasteiger partial charge < -0.3 is 25.0 Å². The van der Waals surface area contributed by atoms with Crippen molar-refractivity contribution in [2.75, 3.05) is 19.7 Å². The molecule has 0 unspecified atom stereocenters. The number of carboxylic acids is 1. The number of nitrogens with zero attached hydrogens (tertiary/aromatic N) is 1. The van der Waals surface area contributed by atoms with Gasteiger partial charge in [-0.2, -0.15) is 0 Å². The van der Waals surface area contributed by atoms with E-state index in [0.717, 1.165) is 0 Å². The number of likely N-dealkylation sites (tertiary alicyclic amines) is 1. The van der Waals surface area contributed by atoms with Crippen LogP contribution in [0.15, 0.2) is 12.2 Å². The Labute approximate surface area is 109 Å². The molecule has 0 saturated carbocycles. The maximum atomic E-state index is 12.3. The first kappa shape index (κ1) is 12.6. The third kappa shape index (κ3) is 1.62. The molecule has 1 spiro atoms. The van der Waals surface area contributed by atoms with E-state index in [1.807, 2.05) is 0 Å². The average Bonchev–Trinajstić information content (AvgIpc) is 2.98. The van der Waals surface area contributed by atoms with Crippen molar-refractivity contribution < 1.29 is 29.6 Å². The molecule has 2 bridgehead atoms. The van der Waals surface area contributed by atoms with Gasteiger partial charge in [-0.1, -0.05) is 12.2 Å². The number of hydrogen-bond acceptors (Lipinski definition) is 5. The summed E-state index contributed by atoms with van der Waals surface area (Å²) in [5, 5.41) is 27.5. The summed E-state index contributed by atoms with van der Waals surface area (Å²) < 4.78 is 5.68. The molecule has 0 aromatic heterocycles. The lowest BCUT2D eigenvalue weighted by Crippen LogP contribution is -2.40. The average molecular weight is 269 g/mol. The molecule has 7 nitrogen and oxygen atoms in total. The minimum absolute atomic E-state index is 0.0121.